The first-order chi connectivity index (χ1) is 9.56. The molecule has 0 bridgehead atoms. The minimum absolute atomic E-state index is 0.0630. The second kappa shape index (κ2) is 8.75. The van der Waals surface area contributed by atoms with Crippen LogP contribution >= 0.6 is 11.3 Å². The summed E-state index contributed by atoms with van der Waals surface area (Å²) in [6.45, 7) is 8.34. The van der Waals surface area contributed by atoms with E-state index in [0.717, 1.165) is 18.7 Å². The van der Waals surface area contributed by atoms with E-state index < -0.39 is 0 Å². The quantitative estimate of drug-likeness (QED) is 0.780. The molecule has 4 nitrogen and oxygen atoms in total. The van der Waals surface area contributed by atoms with Crippen LogP contribution in [0.4, 0.5) is 0 Å². The van der Waals surface area contributed by atoms with Gasteiger partial charge in [0, 0.05) is 23.0 Å². The first kappa shape index (κ1) is 16.7. The largest absolute Gasteiger partial charge is 0.353 e. The highest BCUT2D eigenvalue weighted by molar-refractivity contribution is 7.10. The lowest BCUT2D eigenvalue weighted by atomic mass is 10.2. The van der Waals surface area contributed by atoms with Gasteiger partial charge in [-0.25, -0.2) is 0 Å². The van der Waals surface area contributed by atoms with E-state index in [4.69, 9.17) is 5.73 Å². The fraction of sp³-hybridized carbons (Fsp3) is 0.533. The van der Waals surface area contributed by atoms with Gasteiger partial charge in [-0.05, 0) is 31.8 Å². The van der Waals surface area contributed by atoms with Crippen molar-refractivity contribution in [2.24, 2.45) is 5.73 Å². The summed E-state index contributed by atoms with van der Waals surface area (Å²) in [5.41, 5.74) is 6.42. The van der Waals surface area contributed by atoms with Gasteiger partial charge in [0.2, 0.25) is 5.91 Å². The van der Waals surface area contributed by atoms with E-state index in [1.54, 1.807) is 11.3 Å². The average Bonchev–Trinajstić information content (AvgIpc) is 2.81. The molecule has 0 saturated carbocycles. The second-order valence-corrected chi connectivity index (χ2v) is 5.79. The van der Waals surface area contributed by atoms with Crippen molar-refractivity contribution in [1.82, 2.24) is 10.2 Å². The fourth-order valence-corrected chi connectivity index (χ4v) is 2.65. The molecule has 0 unspecified atom stereocenters. The predicted molar refractivity (Wildman–Crippen MR) is 84.5 cm³/mol. The molecule has 1 aromatic rings. The van der Waals surface area contributed by atoms with Crippen LogP contribution in [0.3, 0.4) is 0 Å². The predicted octanol–water partition coefficient (Wildman–Crippen LogP) is 1.40. The van der Waals surface area contributed by atoms with Gasteiger partial charge in [-0.2, -0.15) is 0 Å². The summed E-state index contributed by atoms with van der Waals surface area (Å²) in [6, 6.07) is 2.18. The molecule has 0 aliphatic heterocycles. The molecule has 20 heavy (non-hydrogen) atoms. The summed E-state index contributed by atoms with van der Waals surface area (Å²) < 4.78 is 0. The molecule has 3 N–H and O–H groups in total. The maximum atomic E-state index is 11.8. The van der Waals surface area contributed by atoms with Gasteiger partial charge in [0.15, 0.2) is 0 Å². The molecule has 0 saturated heterocycles. The first-order valence-corrected chi connectivity index (χ1v) is 7.71. The number of likely N-dealkylation sites (N-methyl/N-ethyl adjacent to an activating group) is 1. The number of amides is 1. The summed E-state index contributed by atoms with van der Waals surface area (Å²) in [7, 11) is 0. The van der Waals surface area contributed by atoms with Crippen LogP contribution in [0.2, 0.25) is 0 Å². The molecule has 0 aliphatic carbocycles. The van der Waals surface area contributed by atoms with E-state index in [0.29, 0.717) is 13.1 Å². The number of hydrogen-bond acceptors (Lipinski definition) is 4. The van der Waals surface area contributed by atoms with Gasteiger partial charge < -0.3 is 11.1 Å². The SMILES string of the molecule is CCN(CC(=O)NC(C)C)Cc1sccc1C#CCN. The van der Waals surface area contributed by atoms with Gasteiger partial charge in [0.05, 0.1) is 13.1 Å². The zero-order valence-electron chi connectivity index (χ0n) is 12.4. The molecule has 1 rings (SSSR count). The lowest BCUT2D eigenvalue weighted by Crippen LogP contribution is -2.39. The molecule has 0 atom stereocenters. The van der Waals surface area contributed by atoms with Crippen LogP contribution in [0.1, 0.15) is 31.2 Å². The average molecular weight is 293 g/mol. The van der Waals surface area contributed by atoms with Crippen LogP contribution in [-0.2, 0) is 11.3 Å². The standard InChI is InChI=1S/C15H23N3OS/c1-4-18(11-15(19)17-12(2)3)10-14-13(6-5-8-16)7-9-20-14/h7,9,12H,4,8,10-11,16H2,1-3H3,(H,17,19). The Morgan fingerprint density at radius 3 is 2.90 bits per heavy atom. The molecule has 0 spiro atoms. The molecule has 1 amide bonds. The van der Waals surface area contributed by atoms with E-state index in [9.17, 15) is 4.79 Å². The zero-order chi connectivity index (χ0) is 15.0. The highest BCUT2D eigenvalue weighted by atomic mass is 32.1. The van der Waals surface area contributed by atoms with Crippen LogP contribution in [-0.4, -0.2) is 36.5 Å². The lowest BCUT2D eigenvalue weighted by Gasteiger charge is -2.20. The van der Waals surface area contributed by atoms with E-state index in [1.807, 2.05) is 25.3 Å². The number of rotatable bonds is 6. The lowest BCUT2D eigenvalue weighted by molar-refractivity contribution is -0.122. The maximum Gasteiger partial charge on any atom is 0.234 e. The number of nitrogens with two attached hydrogens (primary N) is 1. The molecule has 1 heterocycles. The van der Waals surface area contributed by atoms with Crippen LogP contribution < -0.4 is 11.1 Å². The highest BCUT2D eigenvalue weighted by Gasteiger charge is 2.12. The summed E-state index contributed by atoms with van der Waals surface area (Å²) in [5.74, 6) is 6.01. The normalized spacial score (nSPS) is 10.5. The van der Waals surface area contributed by atoms with Crippen LogP contribution in [0.25, 0.3) is 0 Å². The molecular weight excluding hydrogens is 270 g/mol. The Hall–Kier alpha value is -1.35. The van der Waals surface area contributed by atoms with Gasteiger partial charge in [-0.3, -0.25) is 9.69 Å². The van der Waals surface area contributed by atoms with Gasteiger partial charge in [0.1, 0.15) is 0 Å². The van der Waals surface area contributed by atoms with E-state index >= 15 is 0 Å². The highest BCUT2D eigenvalue weighted by Crippen LogP contribution is 2.18. The molecule has 1 aromatic heterocycles. The monoisotopic (exact) mass is 293 g/mol. The summed E-state index contributed by atoms with van der Waals surface area (Å²) >= 11 is 1.67. The number of hydrogen-bond donors (Lipinski definition) is 2. The van der Waals surface area contributed by atoms with E-state index in [2.05, 4.69) is 29.0 Å². The molecule has 110 valence electrons. The second-order valence-electron chi connectivity index (χ2n) is 4.79. The van der Waals surface area contributed by atoms with Gasteiger partial charge in [-0.1, -0.05) is 18.8 Å². The topological polar surface area (TPSA) is 58.4 Å². The Balaban J connectivity index is 2.64. The number of carbonyl (C=O) groups is 1. The molecule has 0 aliphatic rings. The van der Waals surface area contributed by atoms with Gasteiger partial charge in [-0.15, -0.1) is 11.3 Å². The van der Waals surface area contributed by atoms with Crippen LogP contribution in [0.15, 0.2) is 11.4 Å². The smallest absolute Gasteiger partial charge is 0.234 e. The van der Waals surface area contributed by atoms with Crippen molar-refractivity contribution < 1.29 is 4.79 Å². The van der Waals surface area contributed by atoms with Crippen molar-refractivity contribution in [3.05, 3.63) is 21.9 Å². The van der Waals surface area contributed by atoms with Crippen molar-refractivity contribution >= 4 is 17.2 Å². The van der Waals surface area contributed by atoms with E-state index in [1.165, 1.54) is 4.88 Å². The molecular formula is C15H23N3OS. The van der Waals surface area contributed by atoms with Crippen molar-refractivity contribution in [2.45, 2.75) is 33.4 Å². The minimum Gasteiger partial charge on any atom is -0.353 e. The number of carbonyl (C=O) groups excluding carboxylic acids is 1. The third-order valence-corrected chi connectivity index (χ3v) is 3.61. The number of nitrogens with one attached hydrogen (secondary N) is 1. The molecule has 0 aromatic carbocycles. The summed E-state index contributed by atoms with van der Waals surface area (Å²) in [6.07, 6.45) is 0. The van der Waals surface area contributed by atoms with Gasteiger partial charge in [0.25, 0.3) is 0 Å². The Labute approximate surface area is 125 Å². The van der Waals surface area contributed by atoms with E-state index in [-0.39, 0.29) is 11.9 Å². The van der Waals surface area contributed by atoms with Gasteiger partial charge >= 0.3 is 0 Å². The van der Waals surface area contributed by atoms with Crippen molar-refractivity contribution in [3.8, 4) is 11.8 Å². The first-order valence-electron chi connectivity index (χ1n) is 6.83. The van der Waals surface area contributed by atoms with Crippen molar-refractivity contribution in [3.63, 3.8) is 0 Å². The third kappa shape index (κ3) is 5.74. The van der Waals surface area contributed by atoms with Crippen LogP contribution in [0, 0.1) is 11.8 Å². The number of thiophene rings is 1. The Bertz CT molecular complexity index is 485. The minimum atomic E-state index is 0.0630. The maximum absolute atomic E-state index is 11.8. The Kier molecular flexibility index (Phi) is 7.31. The third-order valence-electron chi connectivity index (χ3n) is 2.70. The fourth-order valence-electron chi connectivity index (χ4n) is 1.77. The number of nitrogens with zero attached hydrogens (tertiary/aromatic N) is 1. The van der Waals surface area contributed by atoms with Crippen molar-refractivity contribution in [2.75, 3.05) is 19.6 Å². The zero-order valence-corrected chi connectivity index (χ0v) is 13.2. The molecule has 0 radical (unpaired) electrons. The Morgan fingerprint density at radius 1 is 1.55 bits per heavy atom. The molecule has 5 heteroatoms. The Morgan fingerprint density at radius 2 is 2.30 bits per heavy atom. The summed E-state index contributed by atoms with van der Waals surface area (Å²) in [4.78, 5) is 15.1. The summed E-state index contributed by atoms with van der Waals surface area (Å²) in [5, 5.41) is 4.94. The van der Waals surface area contributed by atoms with Crippen LogP contribution in [0.5, 0.6) is 0 Å². The molecule has 0 fully saturated rings. The van der Waals surface area contributed by atoms with Crippen molar-refractivity contribution in [1.29, 1.82) is 0 Å².